The van der Waals surface area contributed by atoms with Gasteiger partial charge in [-0.15, -0.1) is 0 Å². The van der Waals surface area contributed by atoms with Crippen LogP contribution in [-0.4, -0.2) is 9.55 Å². The SMILES string of the molecule is CC(C)n1c([C@H](C)NCc2cccc(F)c2)nc2ccccc21. The van der Waals surface area contributed by atoms with E-state index in [0.29, 0.717) is 12.6 Å². The second kappa shape index (κ2) is 6.50. The summed E-state index contributed by atoms with van der Waals surface area (Å²) in [5.74, 6) is 0.809. The Hall–Kier alpha value is -2.20. The van der Waals surface area contributed by atoms with Gasteiger partial charge in [-0.3, -0.25) is 0 Å². The van der Waals surface area contributed by atoms with Crippen molar-refractivity contribution in [3.05, 3.63) is 65.7 Å². The normalized spacial score (nSPS) is 12.9. The lowest BCUT2D eigenvalue weighted by atomic mass is 10.2. The average Bonchev–Trinajstić information content (AvgIpc) is 2.92. The predicted octanol–water partition coefficient (Wildman–Crippen LogP) is 4.61. The maximum atomic E-state index is 13.3. The van der Waals surface area contributed by atoms with Crippen LogP contribution < -0.4 is 5.32 Å². The lowest BCUT2D eigenvalue weighted by molar-refractivity contribution is 0.490. The summed E-state index contributed by atoms with van der Waals surface area (Å²) in [6, 6.07) is 15.3. The van der Waals surface area contributed by atoms with Crippen molar-refractivity contribution < 1.29 is 4.39 Å². The Kier molecular flexibility index (Phi) is 4.44. The van der Waals surface area contributed by atoms with Gasteiger partial charge in [-0.1, -0.05) is 24.3 Å². The number of nitrogens with one attached hydrogen (secondary N) is 1. The molecule has 0 saturated carbocycles. The Bertz CT molecular complexity index is 807. The van der Waals surface area contributed by atoms with Crippen LogP contribution in [0, 0.1) is 5.82 Å². The minimum absolute atomic E-state index is 0.0769. The Balaban J connectivity index is 1.85. The number of aromatic nitrogens is 2. The van der Waals surface area contributed by atoms with Crippen LogP contribution in [0.1, 0.15) is 44.2 Å². The van der Waals surface area contributed by atoms with Crippen molar-refractivity contribution in [2.24, 2.45) is 0 Å². The topological polar surface area (TPSA) is 29.9 Å². The van der Waals surface area contributed by atoms with Gasteiger partial charge >= 0.3 is 0 Å². The summed E-state index contributed by atoms with van der Waals surface area (Å²) in [5.41, 5.74) is 3.09. The number of para-hydroxylation sites is 2. The van der Waals surface area contributed by atoms with E-state index in [1.807, 2.05) is 24.3 Å². The van der Waals surface area contributed by atoms with Gasteiger partial charge < -0.3 is 9.88 Å². The van der Waals surface area contributed by atoms with Crippen molar-refractivity contribution >= 4 is 11.0 Å². The third-order valence-corrected chi connectivity index (χ3v) is 4.03. The third kappa shape index (κ3) is 3.27. The van der Waals surface area contributed by atoms with Gasteiger partial charge in [-0.2, -0.15) is 0 Å². The molecule has 0 spiro atoms. The minimum atomic E-state index is -0.202. The molecule has 0 aliphatic carbocycles. The van der Waals surface area contributed by atoms with Gasteiger partial charge in [0.05, 0.1) is 17.1 Å². The highest BCUT2D eigenvalue weighted by atomic mass is 19.1. The molecule has 0 bridgehead atoms. The molecular formula is C19H22FN3. The van der Waals surface area contributed by atoms with Crippen LogP contribution in [0.15, 0.2) is 48.5 Å². The van der Waals surface area contributed by atoms with Crippen LogP contribution in [-0.2, 0) is 6.54 Å². The van der Waals surface area contributed by atoms with Crippen molar-refractivity contribution in [2.75, 3.05) is 0 Å². The van der Waals surface area contributed by atoms with Crippen molar-refractivity contribution in [1.29, 1.82) is 0 Å². The van der Waals surface area contributed by atoms with Crippen molar-refractivity contribution in [1.82, 2.24) is 14.9 Å². The molecule has 1 atom stereocenters. The first-order valence-corrected chi connectivity index (χ1v) is 8.01. The second-order valence-corrected chi connectivity index (χ2v) is 6.15. The molecule has 0 saturated heterocycles. The Morgan fingerprint density at radius 1 is 1.09 bits per heavy atom. The molecule has 120 valence electrons. The van der Waals surface area contributed by atoms with Gasteiger partial charge in [0.2, 0.25) is 0 Å². The lowest BCUT2D eigenvalue weighted by Gasteiger charge is -2.19. The number of hydrogen-bond donors (Lipinski definition) is 1. The van der Waals surface area contributed by atoms with Crippen molar-refractivity contribution in [3.63, 3.8) is 0 Å². The molecular weight excluding hydrogens is 289 g/mol. The number of fused-ring (bicyclic) bond motifs is 1. The largest absolute Gasteiger partial charge is 0.324 e. The van der Waals surface area contributed by atoms with Gasteiger partial charge in [0.15, 0.2) is 0 Å². The summed E-state index contributed by atoms with van der Waals surface area (Å²) in [4.78, 5) is 4.79. The van der Waals surface area contributed by atoms with Crippen LogP contribution in [0.3, 0.4) is 0 Å². The highest BCUT2D eigenvalue weighted by Gasteiger charge is 2.17. The number of rotatable bonds is 5. The monoisotopic (exact) mass is 311 g/mol. The molecule has 2 aromatic carbocycles. The zero-order valence-electron chi connectivity index (χ0n) is 13.8. The molecule has 23 heavy (non-hydrogen) atoms. The first-order chi connectivity index (χ1) is 11.1. The summed E-state index contributed by atoms with van der Waals surface area (Å²) >= 11 is 0. The molecule has 0 unspecified atom stereocenters. The van der Waals surface area contributed by atoms with Crippen LogP contribution in [0.5, 0.6) is 0 Å². The molecule has 0 radical (unpaired) electrons. The maximum absolute atomic E-state index is 13.3. The van der Waals surface area contributed by atoms with E-state index >= 15 is 0 Å². The molecule has 4 heteroatoms. The first kappa shape index (κ1) is 15.7. The highest BCUT2D eigenvalue weighted by Crippen LogP contribution is 2.25. The number of benzene rings is 2. The first-order valence-electron chi connectivity index (χ1n) is 8.01. The molecule has 0 aliphatic heterocycles. The van der Waals surface area contributed by atoms with E-state index in [9.17, 15) is 4.39 Å². The Morgan fingerprint density at radius 3 is 2.61 bits per heavy atom. The molecule has 1 N–H and O–H groups in total. The molecule has 3 rings (SSSR count). The fraction of sp³-hybridized carbons (Fsp3) is 0.316. The van der Waals surface area contributed by atoms with Crippen LogP contribution in [0.2, 0.25) is 0 Å². The zero-order valence-corrected chi connectivity index (χ0v) is 13.8. The smallest absolute Gasteiger partial charge is 0.127 e. The van der Waals surface area contributed by atoms with E-state index in [4.69, 9.17) is 4.98 Å². The van der Waals surface area contributed by atoms with Crippen LogP contribution >= 0.6 is 0 Å². The highest BCUT2D eigenvalue weighted by molar-refractivity contribution is 5.76. The third-order valence-electron chi connectivity index (χ3n) is 4.03. The fourth-order valence-electron chi connectivity index (χ4n) is 2.92. The number of hydrogen-bond acceptors (Lipinski definition) is 2. The van der Waals surface area contributed by atoms with E-state index in [2.05, 4.69) is 36.7 Å². The fourth-order valence-corrected chi connectivity index (χ4v) is 2.92. The lowest BCUT2D eigenvalue weighted by Crippen LogP contribution is -2.22. The van der Waals surface area contributed by atoms with E-state index in [1.54, 1.807) is 12.1 Å². The van der Waals surface area contributed by atoms with Crippen molar-refractivity contribution in [2.45, 2.75) is 39.4 Å². The predicted molar refractivity (Wildman–Crippen MR) is 91.8 cm³/mol. The number of imidazole rings is 1. The molecule has 3 aromatic rings. The van der Waals surface area contributed by atoms with E-state index in [0.717, 1.165) is 22.4 Å². The average molecular weight is 311 g/mol. The summed E-state index contributed by atoms with van der Waals surface area (Å²) in [6.07, 6.45) is 0. The van der Waals surface area contributed by atoms with E-state index in [-0.39, 0.29) is 11.9 Å². The minimum Gasteiger partial charge on any atom is -0.324 e. The molecule has 0 aliphatic rings. The summed E-state index contributed by atoms with van der Waals surface area (Å²) in [6.45, 7) is 7.04. The maximum Gasteiger partial charge on any atom is 0.127 e. The van der Waals surface area contributed by atoms with E-state index < -0.39 is 0 Å². The van der Waals surface area contributed by atoms with E-state index in [1.165, 1.54) is 6.07 Å². The molecule has 1 aromatic heterocycles. The summed E-state index contributed by atoms with van der Waals surface area (Å²) in [7, 11) is 0. The summed E-state index contributed by atoms with van der Waals surface area (Å²) < 4.78 is 15.5. The van der Waals surface area contributed by atoms with Crippen LogP contribution in [0.25, 0.3) is 11.0 Å². The zero-order chi connectivity index (χ0) is 16.4. The molecule has 3 nitrogen and oxygen atoms in total. The molecule has 0 amide bonds. The second-order valence-electron chi connectivity index (χ2n) is 6.15. The van der Waals surface area contributed by atoms with Crippen LogP contribution in [0.4, 0.5) is 4.39 Å². The number of nitrogens with zero attached hydrogens (tertiary/aromatic N) is 2. The van der Waals surface area contributed by atoms with Crippen molar-refractivity contribution in [3.8, 4) is 0 Å². The number of halogens is 1. The molecule has 1 heterocycles. The summed E-state index contributed by atoms with van der Waals surface area (Å²) in [5, 5.41) is 3.45. The van der Waals surface area contributed by atoms with Gasteiger partial charge in [-0.25, -0.2) is 9.37 Å². The van der Waals surface area contributed by atoms with Gasteiger partial charge in [0.1, 0.15) is 11.6 Å². The Labute approximate surface area is 136 Å². The Morgan fingerprint density at radius 2 is 1.87 bits per heavy atom. The quantitative estimate of drug-likeness (QED) is 0.746. The van der Waals surface area contributed by atoms with Gasteiger partial charge in [0.25, 0.3) is 0 Å². The van der Waals surface area contributed by atoms with Gasteiger partial charge in [0, 0.05) is 12.6 Å². The standard InChI is InChI=1S/C19H22FN3/c1-13(2)23-18-10-5-4-9-17(18)22-19(23)14(3)21-12-15-7-6-8-16(20)11-15/h4-11,13-14,21H,12H2,1-3H3/t14-/m0/s1. The molecule has 0 fully saturated rings. The van der Waals surface area contributed by atoms with Gasteiger partial charge in [-0.05, 0) is 50.6 Å².